The molecule has 1 unspecified atom stereocenters. The Hall–Kier alpha value is -3.36. The summed E-state index contributed by atoms with van der Waals surface area (Å²) >= 11 is 6.23. The van der Waals surface area contributed by atoms with Gasteiger partial charge in [0.15, 0.2) is 9.84 Å². The monoisotopic (exact) mass is 472 g/mol. The highest BCUT2D eigenvalue weighted by Crippen LogP contribution is 2.34. The summed E-state index contributed by atoms with van der Waals surface area (Å²) in [5.41, 5.74) is 0.455. The molecule has 166 valence electrons. The van der Waals surface area contributed by atoms with Crippen LogP contribution in [0, 0.1) is 0 Å². The average Bonchev–Trinajstić information content (AvgIpc) is 2.78. The largest absolute Gasteiger partial charge is 0.506 e. The fourth-order valence-electron chi connectivity index (χ4n) is 3.08. The second kappa shape index (κ2) is 9.84. The highest BCUT2D eigenvalue weighted by Gasteiger charge is 2.32. The van der Waals surface area contributed by atoms with Gasteiger partial charge in [0.2, 0.25) is 5.91 Å². The molecule has 1 atom stereocenters. The molecular weight excluding hydrogens is 452 g/mol. The van der Waals surface area contributed by atoms with Crippen LogP contribution < -0.4 is 10.6 Å². The Kier molecular flexibility index (Phi) is 7.17. The molecule has 0 fully saturated rings. The van der Waals surface area contributed by atoms with Crippen LogP contribution in [-0.4, -0.2) is 30.6 Å². The highest BCUT2D eigenvalue weighted by atomic mass is 35.5. The van der Waals surface area contributed by atoms with Gasteiger partial charge in [-0.25, -0.2) is 8.42 Å². The first-order valence-electron chi connectivity index (χ1n) is 9.72. The number of nitrogens with one attached hydrogen (secondary N) is 2. The number of halogens is 1. The molecule has 0 aliphatic carbocycles. The van der Waals surface area contributed by atoms with Gasteiger partial charge in [-0.3, -0.25) is 9.59 Å². The molecule has 0 aliphatic rings. The second-order valence-corrected chi connectivity index (χ2v) is 9.45. The first-order chi connectivity index (χ1) is 15.2. The number of phenolic OH excluding ortho intramolecular Hbond substituents is 1. The minimum atomic E-state index is -3.92. The SMILES string of the molecule is CCC(C(=O)Nc1cc(O)c(NC(=O)c2ccccc2)cc1Cl)S(=O)(=O)c1ccccc1. The van der Waals surface area contributed by atoms with E-state index in [2.05, 4.69) is 10.6 Å². The minimum absolute atomic E-state index is 0.0199. The Balaban J connectivity index is 1.80. The molecule has 7 nitrogen and oxygen atoms in total. The Morgan fingerprint density at radius 2 is 1.53 bits per heavy atom. The zero-order valence-corrected chi connectivity index (χ0v) is 18.7. The molecule has 3 aromatic rings. The van der Waals surface area contributed by atoms with Crippen LogP contribution in [0.3, 0.4) is 0 Å². The zero-order chi connectivity index (χ0) is 23.3. The predicted molar refractivity (Wildman–Crippen MR) is 124 cm³/mol. The van der Waals surface area contributed by atoms with Gasteiger partial charge in [-0.15, -0.1) is 0 Å². The number of rotatable bonds is 7. The molecule has 2 amide bonds. The summed E-state index contributed by atoms with van der Waals surface area (Å²) in [6.45, 7) is 1.59. The second-order valence-electron chi connectivity index (χ2n) is 6.91. The summed E-state index contributed by atoms with van der Waals surface area (Å²) in [5, 5.41) is 14.0. The first kappa shape index (κ1) is 23.3. The van der Waals surface area contributed by atoms with Gasteiger partial charge in [0.1, 0.15) is 11.0 Å². The molecule has 0 spiro atoms. The van der Waals surface area contributed by atoms with Crippen molar-refractivity contribution in [2.75, 3.05) is 10.6 Å². The normalized spacial score (nSPS) is 12.1. The standard InChI is InChI=1S/C23H21ClN2O5S/c1-2-21(32(30,31)16-11-7-4-8-12-16)23(29)25-18-14-20(27)19(13-17(18)24)26-22(28)15-9-5-3-6-10-15/h3-14,21,27H,2H2,1H3,(H,25,29)(H,26,28). The number of carbonyl (C=O) groups is 2. The van der Waals surface area contributed by atoms with Gasteiger partial charge in [-0.05, 0) is 36.8 Å². The molecule has 0 aliphatic heterocycles. The maximum atomic E-state index is 12.9. The van der Waals surface area contributed by atoms with Gasteiger partial charge in [0, 0.05) is 11.6 Å². The van der Waals surface area contributed by atoms with E-state index in [1.54, 1.807) is 55.5 Å². The van der Waals surface area contributed by atoms with E-state index in [1.807, 2.05) is 0 Å². The summed E-state index contributed by atoms with van der Waals surface area (Å²) < 4.78 is 25.7. The van der Waals surface area contributed by atoms with Gasteiger partial charge in [0.25, 0.3) is 5.91 Å². The van der Waals surface area contributed by atoms with Crippen LogP contribution in [0.2, 0.25) is 5.02 Å². The third-order valence-corrected chi connectivity index (χ3v) is 7.28. The maximum absolute atomic E-state index is 12.9. The number of amides is 2. The Bertz CT molecular complexity index is 1230. The van der Waals surface area contributed by atoms with E-state index in [9.17, 15) is 23.1 Å². The van der Waals surface area contributed by atoms with E-state index in [4.69, 9.17) is 11.6 Å². The smallest absolute Gasteiger partial charge is 0.255 e. The van der Waals surface area contributed by atoms with Crippen molar-refractivity contribution in [2.45, 2.75) is 23.5 Å². The van der Waals surface area contributed by atoms with Crippen LogP contribution in [0.1, 0.15) is 23.7 Å². The van der Waals surface area contributed by atoms with Crippen LogP contribution in [0.25, 0.3) is 0 Å². The molecular formula is C23H21ClN2O5S. The highest BCUT2D eigenvalue weighted by molar-refractivity contribution is 7.92. The van der Waals surface area contributed by atoms with E-state index < -0.39 is 26.9 Å². The van der Waals surface area contributed by atoms with Crippen LogP contribution >= 0.6 is 11.6 Å². The molecule has 0 saturated carbocycles. The molecule has 9 heteroatoms. The number of phenols is 1. The van der Waals surface area contributed by atoms with Crippen molar-refractivity contribution in [3.8, 4) is 5.75 Å². The number of anilines is 2. The molecule has 32 heavy (non-hydrogen) atoms. The van der Waals surface area contributed by atoms with Gasteiger partial charge >= 0.3 is 0 Å². The predicted octanol–water partition coefficient (Wildman–Crippen LogP) is 4.49. The van der Waals surface area contributed by atoms with Crippen molar-refractivity contribution in [1.29, 1.82) is 0 Å². The molecule has 0 heterocycles. The van der Waals surface area contributed by atoms with Crippen LogP contribution in [0.5, 0.6) is 5.75 Å². The lowest BCUT2D eigenvalue weighted by molar-refractivity contribution is -0.115. The summed E-state index contributed by atoms with van der Waals surface area (Å²) in [4.78, 5) is 25.1. The van der Waals surface area contributed by atoms with E-state index in [0.717, 1.165) is 6.07 Å². The zero-order valence-electron chi connectivity index (χ0n) is 17.1. The lowest BCUT2D eigenvalue weighted by atomic mass is 10.2. The maximum Gasteiger partial charge on any atom is 0.255 e. The van der Waals surface area contributed by atoms with Gasteiger partial charge in [-0.2, -0.15) is 0 Å². The molecule has 3 aromatic carbocycles. The quantitative estimate of drug-likeness (QED) is 0.438. The molecule has 3 rings (SSSR count). The third kappa shape index (κ3) is 5.09. The molecule has 0 saturated heterocycles. The number of sulfone groups is 1. The Morgan fingerprint density at radius 1 is 0.938 bits per heavy atom. The van der Waals surface area contributed by atoms with Crippen molar-refractivity contribution in [3.63, 3.8) is 0 Å². The number of aromatic hydroxyl groups is 1. The molecule has 0 bridgehead atoms. The Morgan fingerprint density at radius 3 is 2.12 bits per heavy atom. The summed E-state index contributed by atoms with van der Waals surface area (Å²) in [7, 11) is -3.92. The van der Waals surface area contributed by atoms with E-state index >= 15 is 0 Å². The van der Waals surface area contributed by atoms with E-state index in [-0.39, 0.29) is 33.5 Å². The van der Waals surface area contributed by atoms with Crippen molar-refractivity contribution >= 4 is 44.6 Å². The molecule has 0 aromatic heterocycles. The van der Waals surface area contributed by atoms with Crippen molar-refractivity contribution in [2.24, 2.45) is 0 Å². The van der Waals surface area contributed by atoms with Crippen molar-refractivity contribution < 1.29 is 23.1 Å². The summed E-state index contributed by atoms with van der Waals surface area (Å²) in [5.74, 6) is -1.57. The minimum Gasteiger partial charge on any atom is -0.506 e. The van der Waals surface area contributed by atoms with Gasteiger partial charge in [-0.1, -0.05) is 54.9 Å². The summed E-state index contributed by atoms with van der Waals surface area (Å²) in [6, 6.07) is 18.5. The summed E-state index contributed by atoms with van der Waals surface area (Å²) in [6.07, 6.45) is 0.0396. The number of carbonyl (C=O) groups excluding carboxylic acids is 2. The molecule has 0 radical (unpaired) electrons. The lowest BCUT2D eigenvalue weighted by Crippen LogP contribution is -2.34. The van der Waals surface area contributed by atoms with Gasteiger partial charge < -0.3 is 15.7 Å². The van der Waals surface area contributed by atoms with Crippen LogP contribution in [0.4, 0.5) is 11.4 Å². The molecule has 3 N–H and O–H groups in total. The lowest BCUT2D eigenvalue weighted by Gasteiger charge is -2.17. The fourth-order valence-corrected chi connectivity index (χ4v) is 4.93. The van der Waals surface area contributed by atoms with Gasteiger partial charge in [0.05, 0.1) is 21.3 Å². The average molecular weight is 473 g/mol. The third-order valence-electron chi connectivity index (χ3n) is 4.74. The number of hydrogen-bond acceptors (Lipinski definition) is 5. The number of hydrogen-bond donors (Lipinski definition) is 3. The fraction of sp³-hybridized carbons (Fsp3) is 0.130. The van der Waals surface area contributed by atoms with Crippen molar-refractivity contribution in [1.82, 2.24) is 0 Å². The van der Waals surface area contributed by atoms with Crippen LogP contribution in [-0.2, 0) is 14.6 Å². The first-order valence-corrected chi connectivity index (χ1v) is 11.6. The Labute approximate surface area is 191 Å². The topological polar surface area (TPSA) is 113 Å². The van der Waals surface area contributed by atoms with Crippen molar-refractivity contribution in [3.05, 3.63) is 83.4 Å². The van der Waals surface area contributed by atoms with Crippen LogP contribution in [0.15, 0.2) is 77.7 Å². The van der Waals surface area contributed by atoms with E-state index in [0.29, 0.717) is 5.56 Å². The van der Waals surface area contributed by atoms with E-state index in [1.165, 1.54) is 18.2 Å². The number of benzene rings is 3.